The zero-order valence-electron chi connectivity index (χ0n) is 16.9. The molecule has 0 spiro atoms. The number of carbonyl (C=O) groups excluding carboxylic acids is 1. The van der Waals surface area contributed by atoms with Crippen LogP contribution in [-0.2, 0) is 19.5 Å². The number of anilines is 1. The third kappa shape index (κ3) is 4.59. The Bertz CT molecular complexity index is 1090. The first-order chi connectivity index (χ1) is 14.7. The van der Waals surface area contributed by atoms with E-state index in [0.717, 1.165) is 42.3 Å². The van der Waals surface area contributed by atoms with Crippen LogP contribution >= 0.6 is 23.1 Å². The number of amides is 1. The van der Waals surface area contributed by atoms with E-state index in [1.54, 1.807) is 11.8 Å². The van der Waals surface area contributed by atoms with Gasteiger partial charge in [0.05, 0.1) is 5.56 Å². The van der Waals surface area contributed by atoms with E-state index in [4.69, 9.17) is 0 Å². The molecule has 4 rings (SSSR count). The Labute approximate surface area is 185 Å². The second-order valence-corrected chi connectivity index (χ2v) is 9.62. The molecular formula is C24H23N3OS2. The van der Waals surface area contributed by atoms with Crippen LogP contribution in [0, 0.1) is 11.3 Å². The van der Waals surface area contributed by atoms with Crippen molar-refractivity contribution in [2.45, 2.75) is 31.3 Å². The molecule has 0 unspecified atom stereocenters. The van der Waals surface area contributed by atoms with Gasteiger partial charge >= 0.3 is 0 Å². The minimum absolute atomic E-state index is 0.162. The third-order valence-corrected chi connectivity index (χ3v) is 7.14. The number of nitrogens with one attached hydrogen (secondary N) is 1. The van der Waals surface area contributed by atoms with Gasteiger partial charge in [-0.15, -0.1) is 23.1 Å². The zero-order valence-corrected chi connectivity index (χ0v) is 18.5. The predicted octanol–water partition coefficient (Wildman–Crippen LogP) is 5.54. The fourth-order valence-corrected chi connectivity index (χ4v) is 5.66. The van der Waals surface area contributed by atoms with Crippen LogP contribution in [0.1, 0.15) is 38.8 Å². The van der Waals surface area contributed by atoms with Gasteiger partial charge < -0.3 is 5.32 Å². The average Bonchev–Trinajstić information content (AvgIpc) is 3.11. The molecule has 1 amide bonds. The van der Waals surface area contributed by atoms with Gasteiger partial charge in [-0.05, 0) is 41.5 Å². The monoisotopic (exact) mass is 433 g/mol. The molecule has 0 saturated carbocycles. The average molecular weight is 434 g/mol. The van der Waals surface area contributed by atoms with Gasteiger partial charge in [0.2, 0.25) is 0 Å². The molecule has 2 aromatic carbocycles. The van der Waals surface area contributed by atoms with Crippen molar-refractivity contribution in [1.82, 2.24) is 4.90 Å². The summed E-state index contributed by atoms with van der Waals surface area (Å²) in [5.74, 6) is 0.797. The Morgan fingerprint density at radius 2 is 2.07 bits per heavy atom. The number of thioether (sulfide) groups is 1. The molecule has 0 saturated heterocycles. The fourth-order valence-electron chi connectivity index (χ4n) is 3.71. The van der Waals surface area contributed by atoms with Gasteiger partial charge in [-0.1, -0.05) is 43.3 Å². The molecule has 1 aliphatic heterocycles. The summed E-state index contributed by atoms with van der Waals surface area (Å²) in [6.45, 7) is 4.70. The minimum atomic E-state index is -0.162. The SMILES string of the molecule is CCSc1cccc(C(=O)Nc2sc3c(c2C#N)CCN(Cc2ccccc2)C3)c1. The molecule has 0 radical (unpaired) electrons. The van der Waals surface area contributed by atoms with Gasteiger partial charge in [-0.25, -0.2) is 0 Å². The van der Waals surface area contributed by atoms with Crippen molar-refractivity contribution in [3.05, 3.63) is 81.7 Å². The number of rotatable bonds is 6. The van der Waals surface area contributed by atoms with Gasteiger partial charge in [-0.2, -0.15) is 5.26 Å². The first kappa shape index (κ1) is 20.7. The molecule has 6 heteroatoms. The molecule has 0 fully saturated rings. The maximum absolute atomic E-state index is 12.8. The Hall–Kier alpha value is -2.59. The molecule has 0 bridgehead atoms. The highest BCUT2D eigenvalue weighted by Crippen LogP contribution is 2.37. The number of thiophene rings is 1. The van der Waals surface area contributed by atoms with Gasteiger partial charge in [0.15, 0.2) is 0 Å². The predicted molar refractivity (Wildman–Crippen MR) is 124 cm³/mol. The van der Waals surface area contributed by atoms with E-state index in [-0.39, 0.29) is 5.91 Å². The molecule has 3 aromatic rings. The lowest BCUT2D eigenvalue weighted by molar-refractivity contribution is 0.102. The van der Waals surface area contributed by atoms with Crippen LogP contribution < -0.4 is 5.32 Å². The summed E-state index contributed by atoms with van der Waals surface area (Å²) in [7, 11) is 0. The minimum Gasteiger partial charge on any atom is -0.312 e. The van der Waals surface area contributed by atoms with Crippen molar-refractivity contribution in [1.29, 1.82) is 5.26 Å². The smallest absolute Gasteiger partial charge is 0.256 e. The summed E-state index contributed by atoms with van der Waals surface area (Å²) in [5.41, 5.74) is 3.63. The summed E-state index contributed by atoms with van der Waals surface area (Å²) in [5, 5.41) is 13.4. The summed E-state index contributed by atoms with van der Waals surface area (Å²) in [6, 6.07) is 20.4. The third-order valence-electron chi connectivity index (χ3n) is 5.13. The number of nitriles is 1. The summed E-state index contributed by atoms with van der Waals surface area (Å²) in [4.78, 5) is 17.5. The summed E-state index contributed by atoms with van der Waals surface area (Å²) < 4.78 is 0. The van der Waals surface area contributed by atoms with E-state index in [1.165, 1.54) is 21.8 Å². The molecule has 1 N–H and O–H groups in total. The highest BCUT2D eigenvalue weighted by atomic mass is 32.2. The standard InChI is InChI=1S/C24H23N3OS2/c1-2-29-19-10-6-9-18(13-19)23(28)26-24-21(14-25)20-11-12-27(16-22(20)30-24)15-17-7-4-3-5-8-17/h3-10,13H,2,11-12,15-16H2,1H3,(H,26,28). The number of fused-ring (bicyclic) bond motifs is 1. The molecule has 1 aromatic heterocycles. The van der Waals surface area contributed by atoms with E-state index in [1.807, 2.05) is 30.3 Å². The molecule has 152 valence electrons. The Morgan fingerprint density at radius 3 is 2.83 bits per heavy atom. The number of benzene rings is 2. The second-order valence-electron chi connectivity index (χ2n) is 7.18. The van der Waals surface area contributed by atoms with Crippen LogP contribution in [0.15, 0.2) is 59.5 Å². The van der Waals surface area contributed by atoms with E-state index in [0.29, 0.717) is 16.1 Å². The van der Waals surface area contributed by atoms with Crippen LogP contribution in [0.2, 0.25) is 0 Å². The Balaban J connectivity index is 1.51. The van der Waals surface area contributed by atoms with Crippen LogP contribution in [0.4, 0.5) is 5.00 Å². The second kappa shape index (κ2) is 9.48. The van der Waals surface area contributed by atoms with Crippen LogP contribution in [0.3, 0.4) is 0 Å². The van der Waals surface area contributed by atoms with Crippen molar-refractivity contribution in [2.24, 2.45) is 0 Å². The van der Waals surface area contributed by atoms with Gasteiger partial charge in [0.25, 0.3) is 5.91 Å². The van der Waals surface area contributed by atoms with Crippen molar-refractivity contribution in [2.75, 3.05) is 17.6 Å². The lowest BCUT2D eigenvalue weighted by atomic mass is 10.0. The largest absolute Gasteiger partial charge is 0.312 e. The molecule has 4 nitrogen and oxygen atoms in total. The summed E-state index contributed by atoms with van der Waals surface area (Å²) in [6.07, 6.45) is 0.833. The van der Waals surface area contributed by atoms with E-state index in [9.17, 15) is 10.1 Å². The number of hydrogen-bond donors (Lipinski definition) is 1. The molecule has 2 heterocycles. The highest BCUT2D eigenvalue weighted by Gasteiger charge is 2.25. The maximum atomic E-state index is 12.8. The summed E-state index contributed by atoms with van der Waals surface area (Å²) >= 11 is 3.25. The van der Waals surface area contributed by atoms with Crippen molar-refractivity contribution >= 4 is 34.0 Å². The molecule has 0 atom stereocenters. The first-order valence-electron chi connectivity index (χ1n) is 10.0. The molecule has 0 aliphatic carbocycles. The first-order valence-corrected chi connectivity index (χ1v) is 11.8. The van der Waals surface area contributed by atoms with E-state index < -0.39 is 0 Å². The lowest BCUT2D eigenvalue weighted by Gasteiger charge is -2.26. The number of hydrogen-bond acceptors (Lipinski definition) is 5. The molecular weight excluding hydrogens is 410 g/mol. The Kier molecular flexibility index (Phi) is 6.53. The van der Waals surface area contributed by atoms with Crippen LogP contribution in [-0.4, -0.2) is 23.1 Å². The number of carbonyl (C=O) groups is 1. The van der Waals surface area contributed by atoms with Gasteiger partial charge in [0, 0.05) is 35.0 Å². The van der Waals surface area contributed by atoms with Crippen molar-refractivity contribution in [3.63, 3.8) is 0 Å². The quantitative estimate of drug-likeness (QED) is 0.519. The fraction of sp³-hybridized carbons (Fsp3) is 0.250. The van der Waals surface area contributed by atoms with Crippen LogP contribution in [0.5, 0.6) is 0 Å². The maximum Gasteiger partial charge on any atom is 0.256 e. The van der Waals surface area contributed by atoms with E-state index in [2.05, 4.69) is 47.5 Å². The van der Waals surface area contributed by atoms with Gasteiger partial charge in [0.1, 0.15) is 11.1 Å². The number of nitrogens with zero attached hydrogens (tertiary/aromatic N) is 2. The highest BCUT2D eigenvalue weighted by molar-refractivity contribution is 7.99. The topological polar surface area (TPSA) is 56.1 Å². The van der Waals surface area contributed by atoms with E-state index >= 15 is 0 Å². The van der Waals surface area contributed by atoms with Crippen molar-refractivity contribution in [3.8, 4) is 6.07 Å². The Morgan fingerprint density at radius 1 is 1.23 bits per heavy atom. The molecule has 1 aliphatic rings. The lowest BCUT2D eigenvalue weighted by Crippen LogP contribution is -2.29. The normalized spacial score (nSPS) is 13.5. The van der Waals surface area contributed by atoms with Crippen LogP contribution in [0.25, 0.3) is 0 Å². The van der Waals surface area contributed by atoms with Gasteiger partial charge in [-0.3, -0.25) is 9.69 Å². The zero-order chi connectivity index (χ0) is 20.9. The molecule has 30 heavy (non-hydrogen) atoms. The van der Waals surface area contributed by atoms with Crippen molar-refractivity contribution < 1.29 is 4.79 Å².